The van der Waals surface area contributed by atoms with Gasteiger partial charge in [0.1, 0.15) is 19.3 Å². The van der Waals surface area contributed by atoms with Crippen molar-refractivity contribution in [3.63, 3.8) is 0 Å². The monoisotopic (exact) mass is 1470 g/mol. The van der Waals surface area contributed by atoms with E-state index in [9.17, 15) is 43.2 Å². The van der Waals surface area contributed by atoms with Crippen LogP contribution in [0.4, 0.5) is 0 Å². The minimum absolute atomic E-state index is 0.107. The van der Waals surface area contributed by atoms with Gasteiger partial charge in [-0.05, 0) is 37.5 Å². The molecule has 0 spiro atoms. The first-order valence-corrected chi connectivity index (χ1v) is 45.0. The molecule has 0 aliphatic rings. The molecule has 0 heterocycles. The summed E-state index contributed by atoms with van der Waals surface area (Å²) < 4.78 is 68.7. The smallest absolute Gasteiger partial charge is 0.462 e. The van der Waals surface area contributed by atoms with E-state index in [4.69, 9.17) is 37.0 Å². The van der Waals surface area contributed by atoms with Crippen LogP contribution in [0, 0.1) is 11.8 Å². The van der Waals surface area contributed by atoms with Crippen LogP contribution in [-0.4, -0.2) is 96.7 Å². The van der Waals surface area contributed by atoms with Crippen molar-refractivity contribution in [2.75, 3.05) is 39.6 Å². The Morgan fingerprint density at radius 3 is 0.680 bits per heavy atom. The third-order valence-corrected chi connectivity index (χ3v) is 20.9. The number of phosphoric ester groups is 2. The van der Waals surface area contributed by atoms with Gasteiger partial charge in [-0.25, -0.2) is 9.13 Å². The predicted octanol–water partition coefficient (Wildman–Crippen LogP) is 24.3. The molecule has 0 fully saturated rings. The van der Waals surface area contributed by atoms with E-state index in [0.717, 1.165) is 102 Å². The molecule has 0 amide bonds. The van der Waals surface area contributed by atoms with Gasteiger partial charge in [-0.1, -0.05) is 375 Å². The first-order valence-electron chi connectivity index (χ1n) is 42.0. The molecule has 19 heteroatoms. The zero-order chi connectivity index (χ0) is 73.5. The molecule has 3 N–H and O–H groups in total. The molecule has 0 aliphatic carbocycles. The summed E-state index contributed by atoms with van der Waals surface area (Å²) in [4.78, 5) is 73.0. The van der Waals surface area contributed by atoms with Crippen LogP contribution in [0.25, 0.3) is 0 Å². The maximum Gasteiger partial charge on any atom is 0.472 e. The lowest BCUT2D eigenvalue weighted by molar-refractivity contribution is -0.161. The number of hydrogen-bond acceptors (Lipinski definition) is 15. The van der Waals surface area contributed by atoms with Gasteiger partial charge < -0.3 is 33.8 Å². The van der Waals surface area contributed by atoms with Gasteiger partial charge in [-0.3, -0.25) is 37.3 Å². The van der Waals surface area contributed by atoms with Gasteiger partial charge in [-0.15, -0.1) is 0 Å². The summed E-state index contributed by atoms with van der Waals surface area (Å²) in [5, 5.41) is 10.6. The highest BCUT2D eigenvalue weighted by atomic mass is 31.2. The van der Waals surface area contributed by atoms with Crippen LogP contribution in [0.15, 0.2) is 0 Å². The summed E-state index contributed by atoms with van der Waals surface area (Å²) in [7, 11) is -9.92. The molecule has 0 aromatic heterocycles. The van der Waals surface area contributed by atoms with Crippen LogP contribution >= 0.6 is 15.6 Å². The van der Waals surface area contributed by atoms with E-state index in [1.54, 1.807) is 0 Å². The summed E-state index contributed by atoms with van der Waals surface area (Å²) in [6, 6.07) is 0. The van der Waals surface area contributed by atoms with Crippen molar-refractivity contribution >= 4 is 39.5 Å². The minimum atomic E-state index is -4.96. The average Bonchev–Trinajstić information content (AvgIpc) is 0.919. The normalized spacial score (nSPS) is 13.9. The molecular weight excluding hydrogens is 1310 g/mol. The molecule has 5 atom stereocenters. The van der Waals surface area contributed by atoms with Crippen molar-refractivity contribution in [2.24, 2.45) is 11.8 Å². The Morgan fingerprint density at radius 2 is 0.460 bits per heavy atom. The summed E-state index contributed by atoms with van der Waals surface area (Å²) in [6.45, 7) is 9.61. The fraction of sp³-hybridized carbons (Fsp3) is 0.951. The molecule has 0 aromatic rings. The molecule has 0 aliphatic heterocycles. The Balaban J connectivity index is 5.22. The van der Waals surface area contributed by atoms with Crippen molar-refractivity contribution in [1.82, 2.24) is 0 Å². The first kappa shape index (κ1) is 98.1. The standard InChI is InChI=1S/C81H158O17P2/c1-7-9-11-13-15-17-19-21-22-23-24-25-26-27-28-31-36-40-48-54-60-66-81(86)97-76(69-91-78(83)63-57-51-45-38-35-32-29-30-33-37-43-49-55-61-73(3)4)71-95-99(87,88)93-67-75(82)68-94-100(89,90)96-72-77(70-92-79(84)64-58-52-46-42-41-44-50-56-62-74(5)6)98-80(85)65-59-53-47-39-34-20-18-16-14-12-10-8-2/h73-77,82H,7-72H2,1-6H3,(H,87,88)(H,89,90)/t75-,76-,77-/m1/s1. The molecule has 0 bridgehead atoms. The molecule has 17 nitrogen and oxygen atoms in total. The van der Waals surface area contributed by atoms with Crippen LogP contribution < -0.4 is 0 Å². The largest absolute Gasteiger partial charge is 0.472 e. The van der Waals surface area contributed by atoms with Crippen LogP contribution in [-0.2, 0) is 65.4 Å². The number of phosphoric acid groups is 2. The van der Waals surface area contributed by atoms with Crippen molar-refractivity contribution in [3.8, 4) is 0 Å². The molecule has 594 valence electrons. The Bertz CT molecular complexity index is 1920. The van der Waals surface area contributed by atoms with E-state index in [1.165, 1.54) is 244 Å². The predicted molar refractivity (Wildman–Crippen MR) is 409 cm³/mol. The second-order valence-corrected chi connectivity index (χ2v) is 33.0. The minimum Gasteiger partial charge on any atom is -0.462 e. The highest BCUT2D eigenvalue weighted by Gasteiger charge is 2.30. The van der Waals surface area contributed by atoms with E-state index in [1.807, 2.05) is 0 Å². The Morgan fingerprint density at radius 1 is 0.270 bits per heavy atom. The Kier molecular flexibility index (Phi) is 71.2. The van der Waals surface area contributed by atoms with E-state index in [-0.39, 0.29) is 25.7 Å². The van der Waals surface area contributed by atoms with Gasteiger partial charge >= 0.3 is 39.5 Å². The number of carbonyl (C=O) groups is 4. The molecule has 0 rings (SSSR count). The molecule has 2 unspecified atom stereocenters. The lowest BCUT2D eigenvalue weighted by Crippen LogP contribution is -2.30. The van der Waals surface area contributed by atoms with E-state index in [2.05, 4.69) is 41.5 Å². The molecule has 0 radical (unpaired) electrons. The number of aliphatic hydroxyl groups is 1. The van der Waals surface area contributed by atoms with Crippen LogP contribution in [0.2, 0.25) is 0 Å². The fourth-order valence-corrected chi connectivity index (χ4v) is 14.1. The van der Waals surface area contributed by atoms with Gasteiger partial charge in [-0.2, -0.15) is 0 Å². The second-order valence-electron chi connectivity index (χ2n) is 30.1. The lowest BCUT2D eigenvalue weighted by Gasteiger charge is -2.21. The SMILES string of the molecule is CCCCCCCCCCCCCCCCCCCCCCCC(=O)O[C@H](COC(=O)CCCCCCCCCCCCCCCC(C)C)COP(=O)(O)OC[C@@H](O)COP(=O)(O)OC[C@@H](COC(=O)CCCCCCCCCCC(C)C)OC(=O)CCCCCCCCCCCCCC. The third-order valence-electron chi connectivity index (χ3n) is 19.0. The quantitative estimate of drug-likeness (QED) is 0.0222. The maximum atomic E-state index is 13.1. The highest BCUT2D eigenvalue weighted by molar-refractivity contribution is 7.47. The third kappa shape index (κ3) is 74.3. The van der Waals surface area contributed by atoms with Gasteiger partial charge in [0.25, 0.3) is 0 Å². The number of hydrogen-bond donors (Lipinski definition) is 3. The summed E-state index contributed by atoms with van der Waals surface area (Å²) >= 11 is 0. The van der Waals surface area contributed by atoms with Crippen molar-refractivity contribution in [1.29, 1.82) is 0 Å². The molecule has 100 heavy (non-hydrogen) atoms. The molecule has 0 saturated carbocycles. The van der Waals surface area contributed by atoms with Crippen LogP contribution in [0.3, 0.4) is 0 Å². The highest BCUT2D eigenvalue weighted by Crippen LogP contribution is 2.45. The molecular formula is C81H158O17P2. The van der Waals surface area contributed by atoms with E-state index < -0.39 is 97.5 Å². The number of ether oxygens (including phenoxy) is 4. The van der Waals surface area contributed by atoms with Crippen LogP contribution in [0.1, 0.15) is 427 Å². The van der Waals surface area contributed by atoms with Crippen molar-refractivity contribution < 1.29 is 80.2 Å². The zero-order valence-corrected chi connectivity index (χ0v) is 67.3. The number of rotatable bonds is 80. The summed E-state index contributed by atoms with van der Waals surface area (Å²) in [6.07, 6.45) is 62.5. The second kappa shape index (κ2) is 72.6. The van der Waals surface area contributed by atoms with Gasteiger partial charge in [0.2, 0.25) is 0 Å². The molecule has 0 saturated heterocycles. The van der Waals surface area contributed by atoms with Gasteiger partial charge in [0.15, 0.2) is 12.2 Å². The van der Waals surface area contributed by atoms with Crippen LogP contribution in [0.5, 0.6) is 0 Å². The first-order chi connectivity index (χ1) is 48.4. The fourth-order valence-electron chi connectivity index (χ4n) is 12.5. The average molecular weight is 1470 g/mol. The van der Waals surface area contributed by atoms with Gasteiger partial charge in [0, 0.05) is 25.7 Å². The van der Waals surface area contributed by atoms with Crippen molar-refractivity contribution in [3.05, 3.63) is 0 Å². The van der Waals surface area contributed by atoms with E-state index in [0.29, 0.717) is 25.7 Å². The Hall–Kier alpha value is -1.94. The maximum absolute atomic E-state index is 13.1. The number of aliphatic hydroxyl groups excluding tert-OH is 1. The number of unbranched alkanes of at least 4 members (excludes halogenated alkanes) is 50. The number of esters is 4. The lowest BCUT2D eigenvalue weighted by atomic mass is 10.0. The van der Waals surface area contributed by atoms with Crippen molar-refractivity contribution in [2.45, 2.75) is 445 Å². The zero-order valence-electron chi connectivity index (χ0n) is 65.5. The number of carbonyl (C=O) groups excluding carboxylic acids is 4. The Labute approximate surface area is 613 Å². The topological polar surface area (TPSA) is 237 Å². The summed E-state index contributed by atoms with van der Waals surface area (Å²) in [5.74, 6) is -0.592. The summed E-state index contributed by atoms with van der Waals surface area (Å²) in [5.41, 5.74) is 0. The molecule has 0 aromatic carbocycles. The van der Waals surface area contributed by atoms with Gasteiger partial charge in [0.05, 0.1) is 26.4 Å². The van der Waals surface area contributed by atoms with E-state index >= 15 is 0 Å².